The SMILES string of the molecule is CN1C(=O)Nc2cc(Cn3cnccc3=O)ccc2C1(C#CC1CC1)C(F)(F)F. The van der Waals surface area contributed by atoms with E-state index in [0.717, 1.165) is 19.9 Å². The molecular weight excluding hydrogens is 385 g/mol. The van der Waals surface area contributed by atoms with Gasteiger partial charge >= 0.3 is 12.2 Å². The van der Waals surface area contributed by atoms with Gasteiger partial charge in [0.25, 0.3) is 5.56 Å². The van der Waals surface area contributed by atoms with Crippen molar-refractivity contribution < 1.29 is 18.0 Å². The summed E-state index contributed by atoms with van der Waals surface area (Å²) < 4.78 is 44.2. The highest BCUT2D eigenvalue weighted by molar-refractivity contribution is 5.94. The number of rotatable bonds is 2. The Kier molecular flexibility index (Phi) is 4.37. The van der Waals surface area contributed by atoms with Gasteiger partial charge in [-0.3, -0.25) is 14.3 Å². The number of fused-ring (bicyclic) bond motifs is 1. The van der Waals surface area contributed by atoms with Crippen molar-refractivity contribution in [1.82, 2.24) is 14.5 Å². The maximum atomic E-state index is 14.3. The Morgan fingerprint density at radius 2 is 2.03 bits per heavy atom. The van der Waals surface area contributed by atoms with Crippen LogP contribution in [0.3, 0.4) is 0 Å². The number of hydrogen-bond donors (Lipinski definition) is 1. The molecule has 0 spiro atoms. The second-order valence-corrected chi connectivity index (χ2v) is 7.17. The first-order valence-electron chi connectivity index (χ1n) is 9.00. The van der Waals surface area contributed by atoms with E-state index in [1.54, 1.807) is 0 Å². The molecule has 4 rings (SSSR count). The van der Waals surface area contributed by atoms with E-state index in [2.05, 4.69) is 22.1 Å². The lowest BCUT2D eigenvalue weighted by Crippen LogP contribution is -2.59. The Labute approximate surface area is 164 Å². The van der Waals surface area contributed by atoms with Crippen molar-refractivity contribution in [3.63, 3.8) is 0 Å². The fourth-order valence-corrected chi connectivity index (χ4v) is 3.33. The first-order valence-corrected chi connectivity index (χ1v) is 9.00. The topological polar surface area (TPSA) is 67.2 Å². The number of benzene rings is 1. The van der Waals surface area contributed by atoms with Crippen LogP contribution in [0.15, 0.2) is 41.6 Å². The number of anilines is 1. The summed E-state index contributed by atoms with van der Waals surface area (Å²) in [6.45, 7) is 0.110. The summed E-state index contributed by atoms with van der Waals surface area (Å²) in [6.07, 6.45) is -0.559. The summed E-state index contributed by atoms with van der Waals surface area (Å²) >= 11 is 0. The van der Waals surface area contributed by atoms with E-state index in [1.807, 2.05) is 0 Å². The molecule has 150 valence electrons. The monoisotopic (exact) mass is 402 g/mol. The van der Waals surface area contributed by atoms with Gasteiger partial charge in [0.05, 0.1) is 12.9 Å². The molecule has 2 amide bonds. The van der Waals surface area contributed by atoms with Crippen LogP contribution in [0.1, 0.15) is 24.0 Å². The largest absolute Gasteiger partial charge is 0.427 e. The van der Waals surface area contributed by atoms with Crippen LogP contribution in [0, 0.1) is 17.8 Å². The number of carbonyl (C=O) groups is 1. The second kappa shape index (κ2) is 6.65. The first-order chi connectivity index (χ1) is 13.7. The minimum atomic E-state index is -4.79. The lowest BCUT2D eigenvalue weighted by molar-refractivity contribution is -0.203. The van der Waals surface area contributed by atoms with Crippen LogP contribution in [0.5, 0.6) is 0 Å². The Balaban J connectivity index is 1.82. The molecule has 1 fully saturated rings. The quantitative estimate of drug-likeness (QED) is 0.786. The van der Waals surface area contributed by atoms with Gasteiger partial charge in [0, 0.05) is 36.5 Å². The van der Waals surface area contributed by atoms with E-state index in [-0.39, 0.29) is 29.3 Å². The van der Waals surface area contributed by atoms with E-state index in [9.17, 15) is 22.8 Å². The zero-order valence-electron chi connectivity index (χ0n) is 15.5. The molecule has 0 saturated heterocycles. The molecule has 1 aromatic carbocycles. The van der Waals surface area contributed by atoms with Crippen molar-refractivity contribution in [2.75, 3.05) is 12.4 Å². The third-order valence-electron chi connectivity index (χ3n) is 5.11. The molecule has 0 bridgehead atoms. The third-order valence-corrected chi connectivity index (χ3v) is 5.11. The maximum Gasteiger partial charge on any atom is 0.427 e. The van der Waals surface area contributed by atoms with Crippen LogP contribution in [0.4, 0.5) is 23.7 Å². The van der Waals surface area contributed by atoms with Crippen molar-refractivity contribution in [2.45, 2.75) is 31.1 Å². The Morgan fingerprint density at radius 3 is 2.69 bits per heavy atom. The average molecular weight is 402 g/mol. The van der Waals surface area contributed by atoms with Gasteiger partial charge < -0.3 is 5.32 Å². The minimum absolute atomic E-state index is 0.0324. The number of halogens is 3. The molecule has 1 aromatic heterocycles. The minimum Gasteiger partial charge on any atom is -0.307 e. The zero-order valence-corrected chi connectivity index (χ0v) is 15.5. The molecule has 9 heteroatoms. The molecule has 1 N–H and O–H groups in total. The zero-order chi connectivity index (χ0) is 20.8. The summed E-state index contributed by atoms with van der Waals surface area (Å²) in [5, 5.41) is 2.50. The Bertz CT molecular complexity index is 1100. The standard InChI is InChI=1S/C20H17F3N4O2/c1-26-18(29)25-16-10-14(11-27-12-24-9-7-17(27)28)4-5-15(16)19(26,20(21,22)23)8-6-13-2-3-13/h4-5,7,9-10,12-13H,2-3,11H2,1H3,(H,25,29). The Morgan fingerprint density at radius 1 is 1.28 bits per heavy atom. The second-order valence-electron chi connectivity index (χ2n) is 7.17. The molecule has 2 aromatic rings. The van der Waals surface area contributed by atoms with Crippen LogP contribution >= 0.6 is 0 Å². The molecule has 2 aliphatic rings. The normalized spacial score (nSPS) is 21.1. The van der Waals surface area contributed by atoms with Crippen molar-refractivity contribution in [3.05, 3.63) is 58.3 Å². The summed E-state index contributed by atoms with van der Waals surface area (Å²) in [4.78, 5) is 28.7. The molecule has 1 unspecified atom stereocenters. The number of nitrogens with zero attached hydrogens (tertiary/aromatic N) is 3. The number of urea groups is 1. The van der Waals surface area contributed by atoms with Gasteiger partial charge in [0.15, 0.2) is 0 Å². The number of nitrogens with one attached hydrogen (secondary N) is 1. The number of aromatic nitrogens is 2. The highest BCUT2D eigenvalue weighted by Crippen LogP contribution is 2.48. The molecule has 1 saturated carbocycles. The van der Waals surface area contributed by atoms with Gasteiger partial charge in [-0.25, -0.2) is 9.78 Å². The molecule has 1 atom stereocenters. The van der Waals surface area contributed by atoms with Gasteiger partial charge in [-0.15, -0.1) is 0 Å². The molecule has 2 heterocycles. The van der Waals surface area contributed by atoms with Crippen LogP contribution < -0.4 is 10.9 Å². The van der Waals surface area contributed by atoms with Crippen molar-refractivity contribution in [3.8, 4) is 11.8 Å². The molecule has 1 aliphatic carbocycles. The molecule has 6 nitrogen and oxygen atoms in total. The van der Waals surface area contributed by atoms with Crippen molar-refractivity contribution in [1.29, 1.82) is 0 Å². The number of carbonyl (C=O) groups excluding carboxylic acids is 1. The lowest BCUT2D eigenvalue weighted by Gasteiger charge is -2.43. The van der Waals surface area contributed by atoms with E-state index < -0.39 is 17.7 Å². The van der Waals surface area contributed by atoms with Gasteiger partial charge in [-0.2, -0.15) is 13.2 Å². The van der Waals surface area contributed by atoms with Crippen LogP contribution in [0.2, 0.25) is 0 Å². The summed E-state index contributed by atoms with van der Waals surface area (Å²) in [5.41, 5.74) is -2.57. The van der Waals surface area contributed by atoms with Gasteiger partial charge in [0.1, 0.15) is 0 Å². The lowest BCUT2D eigenvalue weighted by atomic mass is 9.84. The Hall–Kier alpha value is -3.28. The fraction of sp³-hybridized carbons (Fsp3) is 0.350. The van der Waals surface area contributed by atoms with Gasteiger partial charge in [-0.1, -0.05) is 24.0 Å². The molecule has 29 heavy (non-hydrogen) atoms. The molecule has 0 radical (unpaired) electrons. The summed E-state index contributed by atoms with van der Waals surface area (Å²) in [7, 11) is 1.09. The maximum absolute atomic E-state index is 14.3. The average Bonchev–Trinajstić information content (AvgIpc) is 3.48. The first kappa shape index (κ1) is 19.1. The summed E-state index contributed by atoms with van der Waals surface area (Å²) in [5.74, 6) is 5.00. The van der Waals surface area contributed by atoms with E-state index in [1.165, 1.54) is 41.4 Å². The number of alkyl halides is 3. The van der Waals surface area contributed by atoms with Gasteiger partial charge in [0.2, 0.25) is 5.54 Å². The van der Waals surface area contributed by atoms with E-state index in [4.69, 9.17) is 0 Å². The van der Waals surface area contributed by atoms with E-state index in [0.29, 0.717) is 10.5 Å². The predicted molar refractivity (Wildman–Crippen MR) is 99.1 cm³/mol. The highest BCUT2D eigenvalue weighted by atomic mass is 19.4. The smallest absolute Gasteiger partial charge is 0.307 e. The third kappa shape index (κ3) is 3.24. The molecular formula is C20H17F3N4O2. The predicted octanol–water partition coefficient (Wildman–Crippen LogP) is 2.94. The van der Waals surface area contributed by atoms with Crippen LogP contribution in [-0.4, -0.2) is 33.7 Å². The van der Waals surface area contributed by atoms with Crippen molar-refractivity contribution >= 4 is 11.7 Å². The van der Waals surface area contributed by atoms with Crippen LogP contribution in [0.25, 0.3) is 0 Å². The highest BCUT2D eigenvalue weighted by Gasteiger charge is 2.62. The van der Waals surface area contributed by atoms with Crippen LogP contribution in [-0.2, 0) is 12.1 Å². The summed E-state index contributed by atoms with van der Waals surface area (Å²) in [6, 6.07) is 4.66. The molecule has 1 aliphatic heterocycles. The van der Waals surface area contributed by atoms with Crippen molar-refractivity contribution in [2.24, 2.45) is 5.92 Å². The number of amides is 2. The number of hydrogen-bond acceptors (Lipinski definition) is 3. The van der Waals surface area contributed by atoms with Gasteiger partial charge in [-0.05, 0) is 24.5 Å². The van der Waals surface area contributed by atoms with E-state index >= 15 is 0 Å². The fourth-order valence-electron chi connectivity index (χ4n) is 3.33.